The summed E-state index contributed by atoms with van der Waals surface area (Å²) in [5, 5.41) is 0. The Morgan fingerprint density at radius 2 is 1.82 bits per heavy atom. The van der Waals surface area contributed by atoms with E-state index in [1.54, 1.807) is 14.2 Å². The summed E-state index contributed by atoms with van der Waals surface area (Å²) < 4.78 is 10.7. The molecule has 0 radical (unpaired) electrons. The molecule has 1 rings (SSSR count). The highest BCUT2D eigenvalue weighted by Gasteiger charge is 2.11. The summed E-state index contributed by atoms with van der Waals surface area (Å²) in [6, 6.07) is 4.22. The summed E-state index contributed by atoms with van der Waals surface area (Å²) >= 11 is 0. The third-order valence-electron chi connectivity index (χ3n) is 2.94. The van der Waals surface area contributed by atoms with Crippen molar-refractivity contribution in [2.24, 2.45) is 5.73 Å². The molecule has 17 heavy (non-hydrogen) atoms. The molecular formula is C14H23NO2. The molecule has 0 spiro atoms. The second-order valence-electron chi connectivity index (χ2n) is 4.39. The van der Waals surface area contributed by atoms with Crippen LogP contribution >= 0.6 is 0 Å². The van der Waals surface area contributed by atoms with Gasteiger partial charge in [-0.15, -0.1) is 0 Å². The first-order valence-corrected chi connectivity index (χ1v) is 6.09. The maximum absolute atomic E-state index is 6.07. The van der Waals surface area contributed by atoms with E-state index in [4.69, 9.17) is 15.2 Å². The zero-order valence-electron chi connectivity index (χ0n) is 11.2. The van der Waals surface area contributed by atoms with E-state index in [1.807, 2.05) is 19.1 Å². The van der Waals surface area contributed by atoms with Crippen molar-refractivity contribution >= 4 is 0 Å². The smallest absolute Gasteiger partial charge is 0.122 e. The normalized spacial score (nSPS) is 12.3. The summed E-state index contributed by atoms with van der Waals surface area (Å²) in [5.41, 5.74) is 8.27. The van der Waals surface area contributed by atoms with Gasteiger partial charge < -0.3 is 15.2 Å². The molecule has 3 nitrogen and oxygen atoms in total. The predicted octanol–water partition coefficient (Wildman–Crippen LogP) is 2.68. The molecule has 0 aliphatic rings. The molecule has 1 aromatic carbocycles. The largest absolute Gasteiger partial charge is 0.496 e. The quantitative estimate of drug-likeness (QED) is 0.827. The maximum Gasteiger partial charge on any atom is 0.122 e. The lowest BCUT2D eigenvalue weighted by Crippen LogP contribution is -2.22. The Labute approximate surface area is 104 Å². The summed E-state index contributed by atoms with van der Waals surface area (Å²) in [6.45, 7) is 4.16. The molecule has 0 saturated carbocycles. The SMILES string of the molecule is CCCC(N)Cc1cc(OC)c(C)cc1OC. The van der Waals surface area contributed by atoms with Crippen LogP contribution in [0.3, 0.4) is 0 Å². The molecule has 0 aliphatic carbocycles. The number of hydrogen-bond donors (Lipinski definition) is 1. The Morgan fingerprint density at radius 3 is 2.35 bits per heavy atom. The summed E-state index contributed by atoms with van der Waals surface area (Å²) in [6.07, 6.45) is 2.96. The molecule has 1 atom stereocenters. The second-order valence-corrected chi connectivity index (χ2v) is 4.39. The Balaban J connectivity index is 2.95. The fraction of sp³-hybridized carbons (Fsp3) is 0.571. The van der Waals surface area contributed by atoms with E-state index in [1.165, 1.54) is 0 Å². The number of aryl methyl sites for hydroxylation is 1. The van der Waals surface area contributed by atoms with Crippen LogP contribution in [0.5, 0.6) is 11.5 Å². The van der Waals surface area contributed by atoms with Crippen molar-refractivity contribution in [1.29, 1.82) is 0 Å². The molecule has 1 aromatic rings. The van der Waals surface area contributed by atoms with Crippen molar-refractivity contribution < 1.29 is 9.47 Å². The zero-order chi connectivity index (χ0) is 12.8. The van der Waals surface area contributed by atoms with Gasteiger partial charge in [0.25, 0.3) is 0 Å². The second kappa shape index (κ2) is 6.50. The van der Waals surface area contributed by atoms with Gasteiger partial charge in [-0.05, 0) is 43.0 Å². The molecule has 0 bridgehead atoms. The molecular weight excluding hydrogens is 214 g/mol. The predicted molar refractivity (Wildman–Crippen MR) is 70.9 cm³/mol. The van der Waals surface area contributed by atoms with Gasteiger partial charge in [-0.25, -0.2) is 0 Å². The van der Waals surface area contributed by atoms with Gasteiger partial charge in [-0.3, -0.25) is 0 Å². The summed E-state index contributed by atoms with van der Waals surface area (Å²) in [4.78, 5) is 0. The highest BCUT2D eigenvalue weighted by molar-refractivity contribution is 5.46. The van der Waals surface area contributed by atoms with Gasteiger partial charge in [0, 0.05) is 6.04 Å². The third kappa shape index (κ3) is 3.63. The van der Waals surface area contributed by atoms with E-state index in [0.29, 0.717) is 0 Å². The van der Waals surface area contributed by atoms with Crippen molar-refractivity contribution in [3.8, 4) is 11.5 Å². The van der Waals surface area contributed by atoms with Crippen LogP contribution < -0.4 is 15.2 Å². The van der Waals surface area contributed by atoms with Crippen LogP contribution in [0.15, 0.2) is 12.1 Å². The van der Waals surface area contributed by atoms with Crippen LogP contribution in [0.25, 0.3) is 0 Å². The van der Waals surface area contributed by atoms with E-state index in [-0.39, 0.29) is 6.04 Å². The molecule has 0 heterocycles. The van der Waals surface area contributed by atoms with Gasteiger partial charge in [0.15, 0.2) is 0 Å². The molecule has 0 amide bonds. The number of rotatable bonds is 6. The third-order valence-corrected chi connectivity index (χ3v) is 2.94. The minimum atomic E-state index is 0.182. The Hall–Kier alpha value is -1.22. The average Bonchev–Trinajstić information content (AvgIpc) is 2.31. The van der Waals surface area contributed by atoms with Crippen LogP contribution in [-0.2, 0) is 6.42 Å². The van der Waals surface area contributed by atoms with E-state index in [0.717, 1.165) is 41.9 Å². The van der Waals surface area contributed by atoms with Gasteiger partial charge >= 0.3 is 0 Å². The first kappa shape index (κ1) is 13.8. The minimum absolute atomic E-state index is 0.182. The van der Waals surface area contributed by atoms with Crippen molar-refractivity contribution in [1.82, 2.24) is 0 Å². The first-order chi connectivity index (χ1) is 8.12. The number of benzene rings is 1. The summed E-state index contributed by atoms with van der Waals surface area (Å²) in [5.74, 6) is 1.79. The highest BCUT2D eigenvalue weighted by Crippen LogP contribution is 2.29. The lowest BCUT2D eigenvalue weighted by atomic mass is 10.0. The zero-order valence-corrected chi connectivity index (χ0v) is 11.2. The molecule has 0 aromatic heterocycles. The molecule has 3 heteroatoms. The lowest BCUT2D eigenvalue weighted by Gasteiger charge is -2.16. The summed E-state index contributed by atoms with van der Waals surface area (Å²) in [7, 11) is 3.38. The van der Waals surface area contributed by atoms with Crippen LogP contribution in [0.1, 0.15) is 30.9 Å². The number of hydrogen-bond acceptors (Lipinski definition) is 3. The van der Waals surface area contributed by atoms with Crippen LogP contribution in [0, 0.1) is 6.92 Å². The van der Waals surface area contributed by atoms with Crippen LogP contribution in [0.4, 0.5) is 0 Å². The fourth-order valence-electron chi connectivity index (χ4n) is 2.03. The van der Waals surface area contributed by atoms with Gasteiger partial charge in [0.2, 0.25) is 0 Å². The van der Waals surface area contributed by atoms with Crippen LogP contribution in [0.2, 0.25) is 0 Å². The number of methoxy groups -OCH3 is 2. The number of nitrogens with two attached hydrogens (primary N) is 1. The van der Waals surface area contributed by atoms with Gasteiger partial charge in [-0.2, -0.15) is 0 Å². The Bertz CT molecular complexity index is 363. The highest BCUT2D eigenvalue weighted by atomic mass is 16.5. The monoisotopic (exact) mass is 237 g/mol. The lowest BCUT2D eigenvalue weighted by molar-refractivity contribution is 0.394. The number of ether oxygens (including phenoxy) is 2. The topological polar surface area (TPSA) is 44.5 Å². The standard InChI is InChI=1S/C14H23NO2/c1-5-6-12(15)8-11-9-13(16-3)10(2)7-14(11)17-4/h7,9,12H,5-6,8,15H2,1-4H3. The van der Waals surface area contributed by atoms with E-state index >= 15 is 0 Å². The Morgan fingerprint density at radius 1 is 1.18 bits per heavy atom. The molecule has 1 unspecified atom stereocenters. The van der Waals surface area contributed by atoms with Crippen LogP contribution in [-0.4, -0.2) is 20.3 Å². The van der Waals surface area contributed by atoms with E-state index in [2.05, 4.69) is 6.92 Å². The van der Waals surface area contributed by atoms with Crippen molar-refractivity contribution in [3.05, 3.63) is 23.3 Å². The maximum atomic E-state index is 6.07. The van der Waals surface area contributed by atoms with Gasteiger partial charge in [0.1, 0.15) is 11.5 Å². The van der Waals surface area contributed by atoms with Crippen molar-refractivity contribution in [2.45, 2.75) is 39.2 Å². The minimum Gasteiger partial charge on any atom is -0.496 e. The molecule has 0 fully saturated rings. The average molecular weight is 237 g/mol. The molecule has 0 saturated heterocycles. The van der Waals surface area contributed by atoms with Crippen molar-refractivity contribution in [3.63, 3.8) is 0 Å². The van der Waals surface area contributed by atoms with Crippen molar-refractivity contribution in [2.75, 3.05) is 14.2 Å². The fourth-order valence-corrected chi connectivity index (χ4v) is 2.03. The molecule has 0 aliphatic heterocycles. The molecule has 2 N–H and O–H groups in total. The molecule has 96 valence electrons. The van der Waals surface area contributed by atoms with Gasteiger partial charge in [-0.1, -0.05) is 13.3 Å². The van der Waals surface area contributed by atoms with E-state index < -0.39 is 0 Å². The van der Waals surface area contributed by atoms with Gasteiger partial charge in [0.05, 0.1) is 14.2 Å². The van der Waals surface area contributed by atoms with E-state index in [9.17, 15) is 0 Å². The first-order valence-electron chi connectivity index (χ1n) is 6.09. The Kier molecular flexibility index (Phi) is 5.29.